The van der Waals surface area contributed by atoms with E-state index in [9.17, 15) is 9.59 Å². The van der Waals surface area contributed by atoms with Gasteiger partial charge in [-0.15, -0.1) is 0 Å². The Labute approximate surface area is 160 Å². The maximum Gasteiger partial charge on any atom is 0.246 e. The van der Waals surface area contributed by atoms with Crippen LogP contribution >= 0.6 is 24.4 Å². The molecule has 0 aromatic rings. The van der Waals surface area contributed by atoms with E-state index in [4.69, 9.17) is 24.4 Å². The molecule has 8 heteroatoms. The van der Waals surface area contributed by atoms with Gasteiger partial charge in [-0.1, -0.05) is 45.2 Å². The largest absolute Gasteiger partial charge is 0.289 e. The summed E-state index contributed by atoms with van der Waals surface area (Å²) in [6, 6.07) is 0. The Bertz CT molecular complexity index is 549. The van der Waals surface area contributed by atoms with E-state index in [1.165, 1.54) is 10.0 Å². The summed E-state index contributed by atoms with van der Waals surface area (Å²) in [4.78, 5) is 25.6. The molecule has 0 spiro atoms. The predicted octanol–water partition coefficient (Wildman–Crippen LogP) is 2.19. The van der Waals surface area contributed by atoms with Gasteiger partial charge in [0.1, 0.15) is 9.98 Å². The summed E-state index contributed by atoms with van der Waals surface area (Å²) >= 11 is 10.9. The van der Waals surface area contributed by atoms with Crippen LogP contribution in [0.4, 0.5) is 0 Å². The van der Waals surface area contributed by atoms with Gasteiger partial charge < -0.3 is 0 Å². The maximum absolute atomic E-state index is 12.3. The highest BCUT2D eigenvalue weighted by Gasteiger charge is 2.47. The summed E-state index contributed by atoms with van der Waals surface area (Å²) in [6.45, 7) is 5.89. The first-order valence-corrected chi connectivity index (χ1v) is 9.53. The predicted molar refractivity (Wildman–Crippen MR) is 105 cm³/mol. The quantitative estimate of drug-likeness (QED) is 0.560. The molecule has 0 saturated heterocycles. The number of carbonyl (C=O) groups excluding carboxylic acids is 2. The van der Waals surface area contributed by atoms with Crippen molar-refractivity contribution in [1.82, 2.24) is 20.9 Å². The SMILES string of the molecule is CCC(C(=S)NN(C)C(=O)C1(C)CC1)C(=S)NN(C)C(=O)C1(C)CC1. The number of nitrogens with zero attached hydrogens (tertiary/aromatic N) is 2. The molecular formula is C17H28N4O2S2. The zero-order chi connectivity index (χ0) is 19.0. The molecule has 0 bridgehead atoms. The fourth-order valence-electron chi connectivity index (χ4n) is 2.69. The average Bonchev–Trinajstić information content (AvgIpc) is 3.46. The molecule has 2 N–H and O–H groups in total. The van der Waals surface area contributed by atoms with Gasteiger partial charge in [-0.05, 0) is 32.1 Å². The van der Waals surface area contributed by atoms with Crippen LogP contribution in [0.1, 0.15) is 52.9 Å². The number of hydrogen-bond donors (Lipinski definition) is 2. The Morgan fingerprint density at radius 3 is 1.48 bits per heavy atom. The highest BCUT2D eigenvalue weighted by atomic mass is 32.1. The van der Waals surface area contributed by atoms with E-state index in [0.29, 0.717) is 16.4 Å². The van der Waals surface area contributed by atoms with Crippen molar-refractivity contribution >= 4 is 46.2 Å². The molecule has 2 fully saturated rings. The van der Waals surface area contributed by atoms with E-state index in [1.54, 1.807) is 14.1 Å². The van der Waals surface area contributed by atoms with Crippen molar-refractivity contribution in [3.63, 3.8) is 0 Å². The second-order valence-electron chi connectivity index (χ2n) is 7.76. The van der Waals surface area contributed by atoms with E-state index < -0.39 is 0 Å². The minimum Gasteiger partial charge on any atom is -0.289 e. The van der Waals surface area contributed by atoms with Gasteiger partial charge in [0.15, 0.2) is 0 Å². The smallest absolute Gasteiger partial charge is 0.246 e. The lowest BCUT2D eigenvalue weighted by molar-refractivity contribution is -0.137. The summed E-state index contributed by atoms with van der Waals surface area (Å²) in [5, 5.41) is 2.92. The van der Waals surface area contributed by atoms with Crippen molar-refractivity contribution < 1.29 is 9.59 Å². The fourth-order valence-corrected chi connectivity index (χ4v) is 3.61. The van der Waals surface area contributed by atoms with Gasteiger partial charge in [0.25, 0.3) is 0 Å². The van der Waals surface area contributed by atoms with Crippen LogP contribution in [0.15, 0.2) is 0 Å². The zero-order valence-corrected chi connectivity index (χ0v) is 17.3. The van der Waals surface area contributed by atoms with Gasteiger partial charge in [0.2, 0.25) is 11.8 Å². The molecule has 0 heterocycles. The van der Waals surface area contributed by atoms with Gasteiger partial charge in [0.05, 0.1) is 5.92 Å². The van der Waals surface area contributed by atoms with E-state index >= 15 is 0 Å². The number of thiocarbonyl (C=S) groups is 2. The molecule has 2 saturated carbocycles. The van der Waals surface area contributed by atoms with Crippen molar-refractivity contribution in [3.8, 4) is 0 Å². The van der Waals surface area contributed by atoms with Crippen LogP contribution in [-0.4, -0.2) is 45.9 Å². The van der Waals surface area contributed by atoms with Gasteiger partial charge in [-0.3, -0.25) is 30.5 Å². The van der Waals surface area contributed by atoms with Crippen LogP contribution in [0.25, 0.3) is 0 Å². The van der Waals surface area contributed by atoms with E-state index in [1.807, 2.05) is 20.8 Å². The highest BCUT2D eigenvalue weighted by Crippen LogP contribution is 2.46. The lowest BCUT2D eigenvalue weighted by Gasteiger charge is -2.29. The Morgan fingerprint density at radius 2 is 1.24 bits per heavy atom. The highest BCUT2D eigenvalue weighted by molar-refractivity contribution is 7.82. The van der Waals surface area contributed by atoms with Gasteiger partial charge in [-0.25, -0.2) is 0 Å². The normalized spacial score (nSPS) is 19.0. The molecule has 6 nitrogen and oxygen atoms in total. The van der Waals surface area contributed by atoms with Crippen LogP contribution in [0.2, 0.25) is 0 Å². The molecule has 0 atom stereocenters. The zero-order valence-electron chi connectivity index (χ0n) is 15.6. The summed E-state index contributed by atoms with van der Waals surface area (Å²) in [5.74, 6) is -0.162. The Kier molecular flexibility index (Phi) is 5.73. The molecule has 2 amide bonds. The lowest BCUT2D eigenvalue weighted by Crippen LogP contribution is -2.52. The molecule has 140 valence electrons. The van der Waals surface area contributed by atoms with Crippen LogP contribution in [0.3, 0.4) is 0 Å². The van der Waals surface area contributed by atoms with E-state index in [2.05, 4.69) is 10.9 Å². The van der Waals surface area contributed by atoms with Crippen molar-refractivity contribution in [2.24, 2.45) is 16.7 Å². The second kappa shape index (κ2) is 7.15. The average molecular weight is 385 g/mol. The number of nitrogens with one attached hydrogen (secondary N) is 2. The molecule has 0 aromatic carbocycles. The Hall–Kier alpha value is -1.28. The molecule has 2 aliphatic rings. The summed E-state index contributed by atoms with van der Waals surface area (Å²) in [7, 11) is 3.37. The molecule has 25 heavy (non-hydrogen) atoms. The Morgan fingerprint density at radius 1 is 0.920 bits per heavy atom. The minimum atomic E-state index is -0.260. The summed E-state index contributed by atoms with van der Waals surface area (Å²) < 4.78 is 0. The minimum absolute atomic E-state index is 0.0394. The van der Waals surface area contributed by atoms with Crippen molar-refractivity contribution in [2.45, 2.75) is 52.9 Å². The number of amides is 2. The standard InChI is InChI=1S/C17H28N4O2S2/c1-6-11(12(24)18-20(4)14(22)16(2)7-8-16)13(25)19-21(5)15(23)17(3)9-10-17/h11H,6-10H2,1-5H3,(H,18,24)(H,19,25). The molecule has 0 radical (unpaired) electrons. The first-order valence-electron chi connectivity index (χ1n) is 8.71. The molecule has 2 aliphatic carbocycles. The third kappa shape index (κ3) is 4.47. The first kappa shape index (κ1) is 20.0. The molecular weight excluding hydrogens is 356 g/mol. The number of carbonyl (C=O) groups is 2. The van der Waals surface area contributed by atoms with E-state index in [0.717, 1.165) is 25.7 Å². The van der Waals surface area contributed by atoms with Crippen LogP contribution in [0, 0.1) is 16.7 Å². The topological polar surface area (TPSA) is 64.7 Å². The monoisotopic (exact) mass is 384 g/mol. The Balaban J connectivity index is 1.90. The van der Waals surface area contributed by atoms with Crippen molar-refractivity contribution in [1.29, 1.82) is 0 Å². The van der Waals surface area contributed by atoms with Crippen LogP contribution in [-0.2, 0) is 9.59 Å². The van der Waals surface area contributed by atoms with Gasteiger partial charge in [-0.2, -0.15) is 0 Å². The fraction of sp³-hybridized carbons (Fsp3) is 0.765. The van der Waals surface area contributed by atoms with Crippen LogP contribution in [0.5, 0.6) is 0 Å². The van der Waals surface area contributed by atoms with Crippen molar-refractivity contribution in [3.05, 3.63) is 0 Å². The van der Waals surface area contributed by atoms with E-state index in [-0.39, 0.29) is 28.6 Å². The number of hydrazine groups is 2. The maximum atomic E-state index is 12.3. The third-order valence-electron chi connectivity index (χ3n) is 5.24. The summed E-state index contributed by atoms with van der Waals surface area (Å²) in [6.07, 6.45) is 4.32. The van der Waals surface area contributed by atoms with Crippen molar-refractivity contribution in [2.75, 3.05) is 14.1 Å². The van der Waals surface area contributed by atoms with Crippen LogP contribution < -0.4 is 10.9 Å². The molecule has 0 unspecified atom stereocenters. The first-order chi connectivity index (χ1) is 11.5. The lowest BCUT2D eigenvalue weighted by atomic mass is 10.1. The van der Waals surface area contributed by atoms with Gasteiger partial charge in [0, 0.05) is 24.9 Å². The summed E-state index contributed by atoms with van der Waals surface area (Å²) in [5.41, 5.74) is 5.46. The van der Waals surface area contributed by atoms with Gasteiger partial charge >= 0.3 is 0 Å². The number of hydrogen-bond acceptors (Lipinski definition) is 4. The second-order valence-corrected chi connectivity index (χ2v) is 8.64. The third-order valence-corrected chi connectivity index (χ3v) is 5.99. The molecule has 0 aromatic heterocycles. The number of rotatable bonds is 5. The molecule has 0 aliphatic heterocycles. The molecule has 2 rings (SSSR count).